The van der Waals surface area contributed by atoms with E-state index < -0.39 is 0 Å². The number of thiazole rings is 1. The van der Waals surface area contributed by atoms with Gasteiger partial charge in [-0.05, 0) is 31.5 Å². The van der Waals surface area contributed by atoms with Gasteiger partial charge in [0.05, 0.1) is 22.9 Å². The highest BCUT2D eigenvalue weighted by atomic mass is 35.5. The molecule has 3 aromatic rings. The lowest BCUT2D eigenvalue weighted by Gasteiger charge is -2.22. The van der Waals surface area contributed by atoms with Crippen LogP contribution >= 0.6 is 34.5 Å². The van der Waals surface area contributed by atoms with Crippen molar-refractivity contribution in [2.24, 2.45) is 7.05 Å². The lowest BCUT2D eigenvalue weighted by atomic mass is 10.1. The van der Waals surface area contributed by atoms with Crippen molar-refractivity contribution in [3.63, 3.8) is 0 Å². The van der Waals surface area contributed by atoms with E-state index in [2.05, 4.69) is 15.2 Å². The van der Waals surface area contributed by atoms with Crippen molar-refractivity contribution in [1.29, 1.82) is 0 Å². The minimum atomic E-state index is -0.152. The van der Waals surface area contributed by atoms with E-state index >= 15 is 0 Å². The van der Waals surface area contributed by atoms with Gasteiger partial charge < -0.3 is 15.0 Å². The standard InChI is InChI=1S/C22H25Cl2N5O2S/c1-4-16-19(21(30)28(3)20(27-16)14-7-6-13(23)10-15(14)24)26-17-11-29(12-18(17)31-5-2)22-25-8-9-32-22/h6-10,17-18,26H,4-5,11-12H2,1-3H3/t17-,18-/m1/s1. The Morgan fingerprint density at radius 3 is 2.75 bits per heavy atom. The topological polar surface area (TPSA) is 72.3 Å². The van der Waals surface area contributed by atoms with Gasteiger partial charge in [-0.25, -0.2) is 9.97 Å². The molecule has 170 valence electrons. The first kappa shape index (κ1) is 23.0. The maximum atomic E-state index is 13.4. The van der Waals surface area contributed by atoms with Gasteiger partial charge in [0, 0.05) is 48.9 Å². The zero-order valence-corrected chi connectivity index (χ0v) is 20.5. The zero-order chi connectivity index (χ0) is 22.8. The quantitative estimate of drug-likeness (QED) is 0.523. The second-order valence-corrected chi connectivity index (χ2v) is 9.28. The van der Waals surface area contributed by atoms with Crippen molar-refractivity contribution in [3.05, 3.63) is 55.9 Å². The van der Waals surface area contributed by atoms with Gasteiger partial charge in [-0.3, -0.25) is 9.36 Å². The maximum absolute atomic E-state index is 13.4. The minimum Gasteiger partial charge on any atom is -0.374 e. The summed E-state index contributed by atoms with van der Waals surface area (Å²) >= 11 is 14.0. The third kappa shape index (κ3) is 4.50. The highest BCUT2D eigenvalue weighted by Gasteiger charge is 2.35. The number of anilines is 2. The van der Waals surface area contributed by atoms with Gasteiger partial charge in [0.25, 0.3) is 5.56 Å². The predicted octanol–water partition coefficient (Wildman–Crippen LogP) is 4.48. The van der Waals surface area contributed by atoms with Crippen LogP contribution in [0.3, 0.4) is 0 Å². The summed E-state index contributed by atoms with van der Waals surface area (Å²) in [6.07, 6.45) is 2.33. The van der Waals surface area contributed by atoms with E-state index in [1.165, 1.54) is 4.57 Å². The van der Waals surface area contributed by atoms with Crippen LogP contribution in [0.2, 0.25) is 10.0 Å². The van der Waals surface area contributed by atoms with E-state index in [4.69, 9.17) is 32.9 Å². The number of halogens is 2. The number of hydrogen-bond acceptors (Lipinski definition) is 7. The van der Waals surface area contributed by atoms with Gasteiger partial charge in [-0.1, -0.05) is 30.1 Å². The van der Waals surface area contributed by atoms with Crippen LogP contribution in [0.25, 0.3) is 11.4 Å². The van der Waals surface area contributed by atoms with Crippen molar-refractivity contribution in [2.75, 3.05) is 29.9 Å². The molecule has 2 atom stereocenters. The SMILES string of the molecule is CCO[C@@H]1CN(c2nccs2)C[C@H]1Nc1c(CC)nc(-c2ccc(Cl)cc2Cl)n(C)c1=O. The number of aromatic nitrogens is 3. The highest BCUT2D eigenvalue weighted by molar-refractivity contribution is 7.13. The number of benzene rings is 1. The fourth-order valence-electron chi connectivity index (χ4n) is 3.97. The van der Waals surface area contributed by atoms with Crippen LogP contribution in [0.1, 0.15) is 19.5 Å². The molecule has 0 amide bonds. The van der Waals surface area contributed by atoms with Gasteiger partial charge >= 0.3 is 0 Å². The van der Waals surface area contributed by atoms with Crippen LogP contribution in [-0.2, 0) is 18.2 Å². The summed E-state index contributed by atoms with van der Waals surface area (Å²) in [5.41, 5.74) is 1.71. The lowest BCUT2D eigenvalue weighted by Crippen LogP contribution is -2.38. The average molecular weight is 494 g/mol. The zero-order valence-electron chi connectivity index (χ0n) is 18.1. The first-order valence-electron chi connectivity index (χ1n) is 10.5. The Bertz CT molecular complexity index is 1150. The third-order valence-electron chi connectivity index (χ3n) is 5.54. The van der Waals surface area contributed by atoms with E-state index in [0.717, 1.165) is 5.13 Å². The Morgan fingerprint density at radius 2 is 2.09 bits per heavy atom. The molecule has 0 bridgehead atoms. The molecule has 4 rings (SSSR count). The molecule has 2 aromatic heterocycles. The van der Waals surface area contributed by atoms with Crippen molar-refractivity contribution < 1.29 is 4.74 Å². The molecule has 0 radical (unpaired) electrons. The summed E-state index contributed by atoms with van der Waals surface area (Å²) in [6, 6.07) is 5.11. The Kier molecular flexibility index (Phi) is 7.05. The molecule has 7 nitrogen and oxygen atoms in total. The molecule has 32 heavy (non-hydrogen) atoms. The molecule has 0 unspecified atom stereocenters. The Morgan fingerprint density at radius 1 is 1.28 bits per heavy atom. The molecule has 10 heteroatoms. The summed E-state index contributed by atoms with van der Waals surface area (Å²) < 4.78 is 7.52. The van der Waals surface area contributed by atoms with E-state index in [9.17, 15) is 4.79 Å². The third-order valence-corrected chi connectivity index (χ3v) is 6.92. The van der Waals surface area contributed by atoms with Crippen molar-refractivity contribution in [1.82, 2.24) is 14.5 Å². The number of aryl methyl sites for hydroxylation is 1. The molecule has 3 heterocycles. The van der Waals surface area contributed by atoms with E-state index in [-0.39, 0.29) is 17.7 Å². The Balaban J connectivity index is 1.69. The molecule has 1 fully saturated rings. The molecule has 1 aliphatic heterocycles. The van der Waals surface area contributed by atoms with Crippen LogP contribution in [0.15, 0.2) is 34.6 Å². The highest BCUT2D eigenvalue weighted by Crippen LogP contribution is 2.30. The van der Waals surface area contributed by atoms with E-state index in [0.29, 0.717) is 58.9 Å². The first-order valence-corrected chi connectivity index (χ1v) is 12.1. The number of ether oxygens (including phenoxy) is 1. The van der Waals surface area contributed by atoms with Crippen LogP contribution in [-0.4, -0.2) is 46.4 Å². The van der Waals surface area contributed by atoms with Gasteiger partial charge in [-0.2, -0.15) is 0 Å². The van der Waals surface area contributed by atoms with Crippen molar-refractivity contribution in [3.8, 4) is 11.4 Å². The predicted molar refractivity (Wildman–Crippen MR) is 131 cm³/mol. The molecule has 1 aromatic carbocycles. The monoisotopic (exact) mass is 493 g/mol. The van der Waals surface area contributed by atoms with Crippen molar-refractivity contribution in [2.45, 2.75) is 32.4 Å². The molecule has 0 saturated carbocycles. The molecule has 1 saturated heterocycles. The second-order valence-electron chi connectivity index (χ2n) is 7.56. The average Bonchev–Trinajstić information content (AvgIpc) is 3.43. The summed E-state index contributed by atoms with van der Waals surface area (Å²) in [5.74, 6) is 0.510. The number of hydrogen-bond donors (Lipinski definition) is 1. The van der Waals surface area contributed by atoms with Crippen LogP contribution in [0.5, 0.6) is 0 Å². The van der Waals surface area contributed by atoms with Crippen LogP contribution < -0.4 is 15.8 Å². The Labute approximate surface area is 201 Å². The summed E-state index contributed by atoms with van der Waals surface area (Å²) in [4.78, 5) is 24.8. The fraction of sp³-hybridized carbons (Fsp3) is 0.409. The van der Waals surface area contributed by atoms with Gasteiger partial charge in [-0.15, -0.1) is 11.3 Å². The van der Waals surface area contributed by atoms with Crippen LogP contribution in [0, 0.1) is 0 Å². The summed E-state index contributed by atoms with van der Waals surface area (Å²) in [6.45, 7) is 5.96. The van der Waals surface area contributed by atoms with Crippen molar-refractivity contribution >= 4 is 45.4 Å². The largest absolute Gasteiger partial charge is 0.374 e. The fourth-order valence-corrected chi connectivity index (χ4v) is 5.12. The maximum Gasteiger partial charge on any atom is 0.277 e. The first-order chi connectivity index (χ1) is 15.4. The molecular weight excluding hydrogens is 469 g/mol. The minimum absolute atomic E-state index is 0.0660. The smallest absolute Gasteiger partial charge is 0.277 e. The number of nitrogens with zero attached hydrogens (tertiary/aromatic N) is 4. The Hall–Kier alpha value is -2.13. The van der Waals surface area contributed by atoms with Gasteiger partial charge in [0.2, 0.25) is 0 Å². The normalized spacial score (nSPS) is 18.3. The van der Waals surface area contributed by atoms with Gasteiger partial charge in [0.15, 0.2) is 5.13 Å². The van der Waals surface area contributed by atoms with Crippen LogP contribution in [0.4, 0.5) is 10.8 Å². The molecular formula is C22H25Cl2N5O2S. The van der Waals surface area contributed by atoms with E-state index in [1.807, 2.05) is 19.2 Å². The second kappa shape index (κ2) is 9.79. The lowest BCUT2D eigenvalue weighted by molar-refractivity contribution is 0.0720. The van der Waals surface area contributed by atoms with E-state index in [1.54, 1.807) is 42.8 Å². The molecule has 0 aliphatic carbocycles. The summed E-state index contributed by atoms with van der Waals surface area (Å²) in [5, 5.41) is 7.36. The number of nitrogens with one attached hydrogen (secondary N) is 1. The molecule has 1 N–H and O–H groups in total. The summed E-state index contributed by atoms with van der Waals surface area (Å²) in [7, 11) is 1.71. The molecule has 1 aliphatic rings. The van der Waals surface area contributed by atoms with Gasteiger partial charge in [0.1, 0.15) is 11.5 Å². The molecule has 0 spiro atoms. The number of rotatable bonds is 7.